The first kappa shape index (κ1) is 16.9. The second-order valence-corrected chi connectivity index (χ2v) is 7.30. The van der Waals surface area contributed by atoms with Crippen LogP contribution in [0.2, 0.25) is 0 Å². The molecule has 0 atom stereocenters. The molecular formula is C17H22N6O3. The van der Waals surface area contributed by atoms with Crippen LogP contribution in [0.25, 0.3) is 5.78 Å². The van der Waals surface area contributed by atoms with E-state index in [2.05, 4.69) is 20.4 Å². The van der Waals surface area contributed by atoms with Crippen molar-refractivity contribution in [2.75, 3.05) is 13.1 Å². The average molecular weight is 358 g/mol. The summed E-state index contributed by atoms with van der Waals surface area (Å²) in [5, 5.41) is 16.2. The van der Waals surface area contributed by atoms with Crippen LogP contribution in [0.3, 0.4) is 0 Å². The molecule has 9 nitrogen and oxygen atoms in total. The number of aliphatic carboxylic acids is 1. The lowest BCUT2D eigenvalue weighted by Gasteiger charge is -2.42. The highest BCUT2D eigenvalue weighted by molar-refractivity contribution is 5.91. The minimum atomic E-state index is -0.796. The molecule has 9 heteroatoms. The molecule has 0 aromatic carbocycles. The molecule has 0 saturated heterocycles. The Kier molecular flexibility index (Phi) is 4.31. The highest BCUT2D eigenvalue weighted by Gasteiger charge is 2.38. The predicted molar refractivity (Wildman–Crippen MR) is 91.7 cm³/mol. The van der Waals surface area contributed by atoms with Crippen molar-refractivity contribution in [2.45, 2.75) is 44.7 Å². The summed E-state index contributed by atoms with van der Waals surface area (Å²) in [7, 11) is 0. The normalized spacial score (nSPS) is 22.4. The molecule has 0 radical (unpaired) electrons. The largest absolute Gasteiger partial charge is 0.480 e. The Morgan fingerprint density at radius 3 is 2.81 bits per heavy atom. The van der Waals surface area contributed by atoms with E-state index in [1.54, 1.807) is 16.8 Å². The Morgan fingerprint density at radius 2 is 2.15 bits per heavy atom. The van der Waals surface area contributed by atoms with Crippen LogP contribution in [0, 0.1) is 12.8 Å². The smallest absolute Gasteiger partial charge is 0.317 e. The number of amides is 1. The Bertz CT molecular complexity index is 840. The number of aryl methyl sites for hydroxylation is 1. The Balaban J connectivity index is 1.34. The molecule has 2 aromatic rings. The first-order chi connectivity index (χ1) is 12.5. The predicted octanol–water partition coefficient (Wildman–Crippen LogP) is 0.490. The van der Waals surface area contributed by atoms with Gasteiger partial charge in [0.15, 0.2) is 0 Å². The molecule has 2 aliphatic rings. The Hall–Kier alpha value is -2.55. The molecule has 2 fully saturated rings. The van der Waals surface area contributed by atoms with Gasteiger partial charge in [-0.3, -0.25) is 14.5 Å². The zero-order valence-corrected chi connectivity index (χ0v) is 14.6. The zero-order chi connectivity index (χ0) is 18.3. The van der Waals surface area contributed by atoms with Gasteiger partial charge >= 0.3 is 5.97 Å². The van der Waals surface area contributed by atoms with Gasteiger partial charge in [0.25, 0.3) is 11.7 Å². The first-order valence-corrected chi connectivity index (χ1v) is 8.94. The topological polar surface area (TPSA) is 113 Å². The number of hydrogen-bond donors (Lipinski definition) is 2. The van der Waals surface area contributed by atoms with Crippen molar-refractivity contribution in [1.82, 2.24) is 29.8 Å². The number of carbonyl (C=O) groups excluding carboxylic acids is 1. The highest BCUT2D eigenvalue weighted by Crippen LogP contribution is 2.33. The first-order valence-electron chi connectivity index (χ1n) is 8.94. The van der Waals surface area contributed by atoms with Crippen LogP contribution in [-0.4, -0.2) is 66.6 Å². The second-order valence-electron chi connectivity index (χ2n) is 7.30. The molecule has 2 heterocycles. The molecule has 138 valence electrons. The number of carbonyl (C=O) groups is 2. The molecule has 26 heavy (non-hydrogen) atoms. The van der Waals surface area contributed by atoms with Gasteiger partial charge in [-0.1, -0.05) is 0 Å². The number of nitrogens with zero attached hydrogens (tertiary/aromatic N) is 5. The summed E-state index contributed by atoms with van der Waals surface area (Å²) in [6.07, 6.45) is 5.53. The Morgan fingerprint density at radius 1 is 1.38 bits per heavy atom. The van der Waals surface area contributed by atoms with Crippen molar-refractivity contribution in [2.24, 2.45) is 5.92 Å². The monoisotopic (exact) mass is 358 g/mol. The standard InChI is InChI=1S/C17H22N6O3/c1-10-4-5-18-17-20-15(21-23(10)17)16(26)19-12-6-13(7-12)22(9-14(24)25)8-11-2-3-11/h4-5,11-13H,2-3,6-9H2,1H3,(H,19,26)(H,24,25). The van der Waals surface area contributed by atoms with Gasteiger partial charge in [0.05, 0.1) is 6.54 Å². The molecule has 4 rings (SSSR count). The number of nitrogens with one attached hydrogen (secondary N) is 1. The van der Waals surface area contributed by atoms with E-state index in [9.17, 15) is 9.59 Å². The molecule has 2 aromatic heterocycles. The van der Waals surface area contributed by atoms with E-state index in [0.717, 1.165) is 25.1 Å². The summed E-state index contributed by atoms with van der Waals surface area (Å²) in [6, 6.07) is 2.05. The second kappa shape index (κ2) is 6.64. The number of carboxylic acid groups (broad SMARTS) is 1. The average Bonchev–Trinajstić information content (AvgIpc) is 3.24. The third-order valence-electron chi connectivity index (χ3n) is 5.13. The molecule has 1 amide bonds. The minimum absolute atomic E-state index is 0.0312. The molecule has 2 N–H and O–H groups in total. The summed E-state index contributed by atoms with van der Waals surface area (Å²) >= 11 is 0. The summed E-state index contributed by atoms with van der Waals surface area (Å²) in [5.74, 6) is 0.0375. The maximum atomic E-state index is 12.4. The van der Waals surface area contributed by atoms with E-state index >= 15 is 0 Å². The van der Waals surface area contributed by atoms with Crippen LogP contribution in [0.15, 0.2) is 12.3 Å². The highest BCUT2D eigenvalue weighted by atomic mass is 16.4. The minimum Gasteiger partial charge on any atom is -0.480 e. The van der Waals surface area contributed by atoms with Crippen LogP contribution in [0.1, 0.15) is 42.0 Å². The van der Waals surface area contributed by atoms with E-state index in [-0.39, 0.29) is 30.4 Å². The SMILES string of the molecule is Cc1ccnc2nc(C(=O)NC3CC(N(CC(=O)O)CC4CC4)C3)nn12. The lowest BCUT2D eigenvalue weighted by molar-refractivity contribution is -0.139. The molecule has 2 saturated carbocycles. The summed E-state index contributed by atoms with van der Waals surface area (Å²) in [4.78, 5) is 33.8. The lowest BCUT2D eigenvalue weighted by Crippen LogP contribution is -2.55. The van der Waals surface area contributed by atoms with Crippen molar-refractivity contribution in [3.8, 4) is 0 Å². The lowest BCUT2D eigenvalue weighted by atomic mass is 9.85. The van der Waals surface area contributed by atoms with Crippen molar-refractivity contribution < 1.29 is 14.7 Å². The number of fused-ring (bicyclic) bond motifs is 1. The molecule has 0 bridgehead atoms. The maximum absolute atomic E-state index is 12.4. The van der Waals surface area contributed by atoms with Gasteiger partial charge in [-0.2, -0.15) is 4.98 Å². The van der Waals surface area contributed by atoms with Crippen molar-refractivity contribution in [3.63, 3.8) is 0 Å². The fourth-order valence-electron chi connectivity index (χ4n) is 3.40. The van der Waals surface area contributed by atoms with Crippen LogP contribution < -0.4 is 5.32 Å². The molecular weight excluding hydrogens is 336 g/mol. The van der Waals surface area contributed by atoms with Gasteiger partial charge < -0.3 is 10.4 Å². The zero-order valence-electron chi connectivity index (χ0n) is 14.6. The van der Waals surface area contributed by atoms with Crippen LogP contribution in [-0.2, 0) is 4.79 Å². The van der Waals surface area contributed by atoms with E-state index in [1.807, 2.05) is 11.8 Å². The fourth-order valence-corrected chi connectivity index (χ4v) is 3.40. The van der Waals surface area contributed by atoms with E-state index in [4.69, 9.17) is 5.11 Å². The summed E-state index contributed by atoms with van der Waals surface area (Å²) in [6.45, 7) is 2.79. The van der Waals surface area contributed by atoms with Crippen molar-refractivity contribution >= 4 is 17.7 Å². The Labute approximate surface area is 150 Å². The van der Waals surface area contributed by atoms with Gasteiger partial charge in [0.2, 0.25) is 5.82 Å². The van der Waals surface area contributed by atoms with Gasteiger partial charge in [-0.15, -0.1) is 5.10 Å². The van der Waals surface area contributed by atoms with Crippen LogP contribution in [0.5, 0.6) is 0 Å². The third kappa shape index (κ3) is 3.52. The van der Waals surface area contributed by atoms with Crippen molar-refractivity contribution in [1.29, 1.82) is 0 Å². The van der Waals surface area contributed by atoms with E-state index < -0.39 is 5.97 Å². The van der Waals surface area contributed by atoms with E-state index in [1.165, 1.54) is 12.8 Å². The fraction of sp³-hybridized carbons (Fsp3) is 0.588. The van der Waals surface area contributed by atoms with Gasteiger partial charge in [-0.05, 0) is 44.6 Å². The molecule has 0 spiro atoms. The summed E-state index contributed by atoms with van der Waals surface area (Å²) in [5.41, 5.74) is 0.856. The van der Waals surface area contributed by atoms with Gasteiger partial charge in [0, 0.05) is 30.5 Å². The number of rotatable bonds is 7. The van der Waals surface area contributed by atoms with E-state index in [0.29, 0.717) is 11.7 Å². The number of hydrogen-bond acceptors (Lipinski definition) is 6. The maximum Gasteiger partial charge on any atom is 0.317 e. The van der Waals surface area contributed by atoms with Crippen LogP contribution in [0.4, 0.5) is 0 Å². The number of carboxylic acids is 1. The number of aromatic nitrogens is 4. The van der Waals surface area contributed by atoms with Crippen molar-refractivity contribution in [3.05, 3.63) is 23.8 Å². The van der Waals surface area contributed by atoms with Gasteiger partial charge in [0.1, 0.15) is 0 Å². The van der Waals surface area contributed by atoms with Crippen LogP contribution >= 0.6 is 0 Å². The van der Waals surface area contributed by atoms with Gasteiger partial charge in [-0.25, -0.2) is 9.50 Å². The molecule has 0 aliphatic heterocycles. The third-order valence-corrected chi connectivity index (χ3v) is 5.13. The quantitative estimate of drug-likeness (QED) is 0.740. The molecule has 0 unspecified atom stereocenters. The molecule has 2 aliphatic carbocycles. The summed E-state index contributed by atoms with van der Waals surface area (Å²) < 4.78 is 1.54.